The SMILES string of the molecule is COCCC1(CNc2ncc([N+](=O)[O-])cc2C)CC1. The molecule has 0 unspecified atom stereocenters. The van der Waals surface area contributed by atoms with Gasteiger partial charge in [-0.25, -0.2) is 4.98 Å². The van der Waals surface area contributed by atoms with Crippen molar-refractivity contribution in [2.45, 2.75) is 26.2 Å². The van der Waals surface area contributed by atoms with Gasteiger partial charge < -0.3 is 10.1 Å². The number of nitrogens with zero attached hydrogens (tertiary/aromatic N) is 2. The predicted octanol–water partition coefficient (Wildman–Crippen LogP) is 2.53. The van der Waals surface area contributed by atoms with E-state index in [0.29, 0.717) is 5.41 Å². The molecule has 104 valence electrons. The Hall–Kier alpha value is -1.69. The highest BCUT2D eigenvalue weighted by Gasteiger charge is 2.41. The Balaban J connectivity index is 1.95. The second-order valence-electron chi connectivity index (χ2n) is 5.21. The fourth-order valence-electron chi connectivity index (χ4n) is 2.13. The summed E-state index contributed by atoms with van der Waals surface area (Å²) in [7, 11) is 1.71. The van der Waals surface area contributed by atoms with Crippen LogP contribution in [0.2, 0.25) is 0 Å². The first-order chi connectivity index (χ1) is 9.06. The lowest BCUT2D eigenvalue weighted by molar-refractivity contribution is -0.385. The number of nitrogens with one attached hydrogen (secondary N) is 1. The van der Waals surface area contributed by atoms with E-state index >= 15 is 0 Å². The predicted molar refractivity (Wildman–Crippen MR) is 72.3 cm³/mol. The van der Waals surface area contributed by atoms with Crippen molar-refractivity contribution in [2.75, 3.05) is 25.6 Å². The molecule has 0 amide bonds. The molecule has 0 spiro atoms. The number of methoxy groups -OCH3 is 1. The fraction of sp³-hybridized carbons (Fsp3) is 0.615. The van der Waals surface area contributed by atoms with Gasteiger partial charge in [0.05, 0.1) is 4.92 Å². The van der Waals surface area contributed by atoms with E-state index in [4.69, 9.17) is 4.74 Å². The number of aryl methyl sites for hydroxylation is 1. The summed E-state index contributed by atoms with van der Waals surface area (Å²) >= 11 is 0. The summed E-state index contributed by atoms with van der Waals surface area (Å²) in [5, 5.41) is 13.9. The van der Waals surface area contributed by atoms with Gasteiger partial charge in [0.2, 0.25) is 0 Å². The third-order valence-electron chi connectivity index (χ3n) is 3.70. The van der Waals surface area contributed by atoms with Crippen molar-refractivity contribution >= 4 is 11.5 Å². The van der Waals surface area contributed by atoms with Crippen molar-refractivity contribution in [1.82, 2.24) is 4.98 Å². The van der Waals surface area contributed by atoms with Gasteiger partial charge in [0.25, 0.3) is 5.69 Å². The van der Waals surface area contributed by atoms with Crippen LogP contribution < -0.4 is 5.32 Å². The van der Waals surface area contributed by atoms with E-state index in [0.717, 1.165) is 31.0 Å². The summed E-state index contributed by atoms with van der Waals surface area (Å²) in [4.78, 5) is 14.3. The van der Waals surface area contributed by atoms with E-state index < -0.39 is 4.92 Å². The van der Waals surface area contributed by atoms with Crippen molar-refractivity contribution in [3.8, 4) is 0 Å². The van der Waals surface area contributed by atoms with E-state index in [2.05, 4.69) is 10.3 Å². The van der Waals surface area contributed by atoms with Gasteiger partial charge in [-0.3, -0.25) is 10.1 Å². The second kappa shape index (κ2) is 5.52. The van der Waals surface area contributed by atoms with Gasteiger partial charge in [0.1, 0.15) is 12.0 Å². The number of rotatable bonds is 7. The molecule has 2 rings (SSSR count). The summed E-state index contributed by atoms with van der Waals surface area (Å²) in [6.45, 7) is 3.45. The largest absolute Gasteiger partial charge is 0.385 e. The minimum atomic E-state index is -0.426. The number of aromatic nitrogens is 1. The Morgan fingerprint density at radius 1 is 1.58 bits per heavy atom. The van der Waals surface area contributed by atoms with Crippen LogP contribution in [0.25, 0.3) is 0 Å². The molecule has 1 saturated carbocycles. The first-order valence-corrected chi connectivity index (χ1v) is 6.40. The molecule has 1 aliphatic carbocycles. The number of anilines is 1. The quantitative estimate of drug-likeness (QED) is 0.605. The number of hydrogen-bond donors (Lipinski definition) is 1. The molecule has 0 bridgehead atoms. The van der Waals surface area contributed by atoms with Crippen LogP contribution in [0.3, 0.4) is 0 Å². The standard InChI is InChI=1S/C13H19N3O3/c1-10-7-11(16(17)18)8-14-12(10)15-9-13(3-4-13)5-6-19-2/h7-8H,3-6,9H2,1-2H3,(H,14,15). The van der Waals surface area contributed by atoms with E-state index in [-0.39, 0.29) is 5.69 Å². The third-order valence-corrected chi connectivity index (χ3v) is 3.70. The highest BCUT2D eigenvalue weighted by molar-refractivity contribution is 5.48. The Morgan fingerprint density at radius 3 is 2.84 bits per heavy atom. The van der Waals surface area contributed by atoms with E-state index in [1.807, 2.05) is 6.92 Å². The lowest BCUT2D eigenvalue weighted by atomic mass is 10.0. The van der Waals surface area contributed by atoms with Crippen molar-refractivity contribution in [1.29, 1.82) is 0 Å². The fourth-order valence-corrected chi connectivity index (χ4v) is 2.13. The molecule has 6 nitrogen and oxygen atoms in total. The molecule has 6 heteroatoms. The van der Waals surface area contributed by atoms with Crippen LogP contribution >= 0.6 is 0 Å². The summed E-state index contributed by atoms with van der Waals surface area (Å²) in [6.07, 6.45) is 4.75. The van der Waals surface area contributed by atoms with E-state index in [1.165, 1.54) is 19.0 Å². The third kappa shape index (κ3) is 3.41. The Bertz CT molecular complexity index is 472. The number of hydrogen-bond acceptors (Lipinski definition) is 5. The number of ether oxygens (including phenoxy) is 1. The average Bonchev–Trinajstić information content (AvgIpc) is 3.15. The van der Waals surface area contributed by atoms with E-state index in [1.54, 1.807) is 13.2 Å². The van der Waals surface area contributed by atoms with Gasteiger partial charge in [-0.1, -0.05) is 0 Å². The number of nitro groups is 1. The van der Waals surface area contributed by atoms with Gasteiger partial charge >= 0.3 is 0 Å². The molecule has 1 aliphatic rings. The molecule has 19 heavy (non-hydrogen) atoms. The summed E-state index contributed by atoms with van der Waals surface area (Å²) in [5.41, 5.74) is 1.16. The van der Waals surface area contributed by atoms with Gasteiger partial charge in [0.15, 0.2) is 0 Å². The lowest BCUT2D eigenvalue weighted by Crippen LogP contribution is -2.18. The highest BCUT2D eigenvalue weighted by atomic mass is 16.6. The second-order valence-corrected chi connectivity index (χ2v) is 5.21. The van der Waals surface area contributed by atoms with Crippen LogP contribution in [0.1, 0.15) is 24.8 Å². The van der Waals surface area contributed by atoms with Crippen molar-refractivity contribution in [3.05, 3.63) is 27.9 Å². The molecule has 0 radical (unpaired) electrons. The average molecular weight is 265 g/mol. The smallest absolute Gasteiger partial charge is 0.287 e. The maximum absolute atomic E-state index is 10.6. The highest BCUT2D eigenvalue weighted by Crippen LogP contribution is 2.48. The summed E-state index contributed by atoms with van der Waals surface area (Å²) in [6, 6.07) is 1.55. The minimum absolute atomic E-state index is 0.0311. The number of pyridine rings is 1. The molecule has 0 aliphatic heterocycles. The Morgan fingerprint density at radius 2 is 2.32 bits per heavy atom. The molecule has 1 N–H and O–H groups in total. The van der Waals surface area contributed by atoms with Crippen molar-refractivity contribution in [3.63, 3.8) is 0 Å². The molecule has 0 atom stereocenters. The Kier molecular flexibility index (Phi) is 3.99. The van der Waals surface area contributed by atoms with Crippen LogP contribution in [0, 0.1) is 22.5 Å². The zero-order valence-corrected chi connectivity index (χ0v) is 11.3. The molecule has 0 saturated heterocycles. The zero-order chi connectivity index (χ0) is 13.9. The van der Waals surface area contributed by atoms with Gasteiger partial charge in [-0.15, -0.1) is 0 Å². The van der Waals surface area contributed by atoms with Crippen LogP contribution in [-0.4, -0.2) is 30.2 Å². The first kappa shape index (κ1) is 13.7. The van der Waals surface area contributed by atoms with Gasteiger partial charge in [0, 0.05) is 26.3 Å². The maximum Gasteiger partial charge on any atom is 0.287 e. The minimum Gasteiger partial charge on any atom is -0.385 e. The van der Waals surface area contributed by atoms with Crippen LogP contribution in [0.4, 0.5) is 11.5 Å². The molecule has 1 aromatic rings. The Labute approximate surface area is 112 Å². The van der Waals surface area contributed by atoms with Gasteiger partial charge in [-0.05, 0) is 37.2 Å². The summed E-state index contributed by atoms with van der Waals surface area (Å²) in [5.74, 6) is 0.731. The van der Waals surface area contributed by atoms with Crippen LogP contribution in [0.5, 0.6) is 0 Å². The topological polar surface area (TPSA) is 77.3 Å². The monoisotopic (exact) mass is 265 g/mol. The molecule has 1 aromatic heterocycles. The lowest BCUT2D eigenvalue weighted by Gasteiger charge is -2.16. The van der Waals surface area contributed by atoms with E-state index in [9.17, 15) is 10.1 Å². The molecule has 0 aromatic carbocycles. The van der Waals surface area contributed by atoms with Crippen LogP contribution in [0.15, 0.2) is 12.3 Å². The summed E-state index contributed by atoms with van der Waals surface area (Å²) < 4.78 is 5.12. The maximum atomic E-state index is 10.6. The van der Waals surface area contributed by atoms with Crippen molar-refractivity contribution < 1.29 is 9.66 Å². The first-order valence-electron chi connectivity index (χ1n) is 6.40. The zero-order valence-electron chi connectivity index (χ0n) is 11.3. The molecule has 1 fully saturated rings. The van der Waals surface area contributed by atoms with Crippen LogP contribution in [-0.2, 0) is 4.74 Å². The normalized spacial score (nSPS) is 16.1. The van der Waals surface area contributed by atoms with Gasteiger partial charge in [-0.2, -0.15) is 0 Å². The molecule has 1 heterocycles. The molecular weight excluding hydrogens is 246 g/mol. The molecular formula is C13H19N3O3. The van der Waals surface area contributed by atoms with Crippen molar-refractivity contribution in [2.24, 2.45) is 5.41 Å².